The van der Waals surface area contributed by atoms with Crippen LogP contribution < -0.4 is 0 Å². The number of carbonyl (C=O) groups is 1. The summed E-state index contributed by atoms with van der Waals surface area (Å²) in [6, 6.07) is 0. The fourth-order valence-corrected chi connectivity index (χ4v) is 2.03. The van der Waals surface area contributed by atoms with Crippen molar-refractivity contribution in [3.8, 4) is 0 Å². The van der Waals surface area contributed by atoms with Crippen molar-refractivity contribution in [2.24, 2.45) is 17.0 Å². The molecule has 0 unspecified atom stereocenters. The molecule has 1 fully saturated rings. The minimum Gasteiger partial charge on any atom is -0.469 e. The van der Waals surface area contributed by atoms with E-state index in [1.54, 1.807) is 0 Å². The first-order valence-corrected chi connectivity index (χ1v) is 5.02. The summed E-state index contributed by atoms with van der Waals surface area (Å²) >= 11 is 5.69. The number of hydrogen-bond acceptors (Lipinski definition) is 4. The third kappa shape index (κ3) is 2.61. The van der Waals surface area contributed by atoms with Gasteiger partial charge in [0.25, 0.3) is 0 Å². The number of rotatable bonds is 2. The van der Waals surface area contributed by atoms with Gasteiger partial charge in [-0.25, -0.2) is 0 Å². The molecule has 0 spiro atoms. The van der Waals surface area contributed by atoms with Crippen LogP contribution in [0.1, 0.15) is 25.7 Å². The SMILES string of the molecule is COC(=O)C1CCC(C(Cl)=NO)CC1. The number of carbonyl (C=O) groups excluding carboxylic acids is 1. The van der Waals surface area contributed by atoms with E-state index in [2.05, 4.69) is 9.89 Å². The Morgan fingerprint density at radius 2 is 1.86 bits per heavy atom. The lowest BCUT2D eigenvalue weighted by Gasteiger charge is -2.25. The molecule has 14 heavy (non-hydrogen) atoms. The van der Waals surface area contributed by atoms with Gasteiger partial charge >= 0.3 is 5.97 Å². The minimum absolute atomic E-state index is 0.0144. The van der Waals surface area contributed by atoms with Crippen LogP contribution in [0.5, 0.6) is 0 Å². The second-order valence-corrected chi connectivity index (χ2v) is 3.88. The average molecular weight is 220 g/mol. The molecule has 1 N–H and O–H groups in total. The van der Waals surface area contributed by atoms with E-state index >= 15 is 0 Å². The molecule has 0 aliphatic heterocycles. The fraction of sp³-hybridized carbons (Fsp3) is 0.778. The molecule has 80 valence electrons. The highest BCUT2D eigenvalue weighted by atomic mass is 35.5. The monoisotopic (exact) mass is 219 g/mol. The Kier molecular flexibility index (Phi) is 4.20. The third-order valence-electron chi connectivity index (χ3n) is 2.69. The summed E-state index contributed by atoms with van der Waals surface area (Å²) in [6.07, 6.45) is 3.07. The molecule has 0 aromatic heterocycles. The summed E-state index contributed by atoms with van der Waals surface area (Å²) in [7, 11) is 1.40. The molecular weight excluding hydrogens is 206 g/mol. The summed E-state index contributed by atoms with van der Waals surface area (Å²) in [6.45, 7) is 0. The normalized spacial score (nSPS) is 28.6. The molecule has 1 aliphatic carbocycles. The van der Waals surface area contributed by atoms with E-state index in [1.807, 2.05) is 0 Å². The topological polar surface area (TPSA) is 58.9 Å². The first kappa shape index (κ1) is 11.3. The van der Waals surface area contributed by atoms with Crippen molar-refractivity contribution < 1.29 is 14.7 Å². The van der Waals surface area contributed by atoms with Gasteiger partial charge in [0.15, 0.2) is 0 Å². The van der Waals surface area contributed by atoms with Crippen LogP contribution in [0.15, 0.2) is 5.16 Å². The van der Waals surface area contributed by atoms with E-state index in [0.29, 0.717) is 0 Å². The second-order valence-electron chi connectivity index (χ2n) is 3.49. The van der Waals surface area contributed by atoms with Gasteiger partial charge in [-0.3, -0.25) is 4.79 Å². The first-order valence-electron chi connectivity index (χ1n) is 4.64. The predicted octanol–water partition coefficient (Wildman–Crippen LogP) is 1.99. The molecule has 0 saturated heterocycles. The first-order chi connectivity index (χ1) is 6.69. The number of nitrogens with zero attached hydrogens (tertiary/aromatic N) is 1. The lowest BCUT2D eigenvalue weighted by Crippen LogP contribution is -2.25. The Morgan fingerprint density at radius 3 is 2.29 bits per heavy atom. The molecule has 0 radical (unpaired) electrons. The summed E-state index contributed by atoms with van der Waals surface area (Å²) in [5.41, 5.74) is 0. The van der Waals surface area contributed by atoms with Crippen molar-refractivity contribution in [2.75, 3.05) is 7.11 Å². The maximum Gasteiger partial charge on any atom is 0.308 e. The van der Waals surface area contributed by atoms with Crippen molar-refractivity contribution in [3.63, 3.8) is 0 Å². The molecule has 0 aromatic carbocycles. The lowest BCUT2D eigenvalue weighted by molar-refractivity contribution is -0.146. The minimum atomic E-state index is -0.152. The number of hydrogen-bond donors (Lipinski definition) is 1. The fourth-order valence-electron chi connectivity index (χ4n) is 1.82. The highest BCUT2D eigenvalue weighted by Gasteiger charge is 2.28. The Labute approximate surface area is 87.9 Å². The van der Waals surface area contributed by atoms with Gasteiger partial charge in [-0.1, -0.05) is 16.8 Å². The van der Waals surface area contributed by atoms with Crippen LogP contribution in [-0.4, -0.2) is 23.5 Å². The molecule has 0 atom stereocenters. The van der Waals surface area contributed by atoms with E-state index in [-0.39, 0.29) is 23.0 Å². The van der Waals surface area contributed by atoms with Crippen LogP contribution in [0.2, 0.25) is 0 Å². The second kappa shape index (κ2) is 5.20. The van der Waals surface area contributed by atoms with Gasteiger partial charge in [-0.2, -0.15) is 0 Å². The summed E-state index contributed by atoms with van der Waals surface area (Å²) in [5.74, 6) is -0.0671. The van der Waals surface area contributed by atoms with Gasteiger partial charge in [-0.05, 0) is 25.7 Å². The molecule has 1 rings (SSSR count). The van der Waals surface area contributed by atoms with Gasteiger partial charge < -0.3 is 9.94 Å². The van der Waals surface area contributed by atoms with E-state index in [1.165, 1.54) is 7.11 Å². The van der Waals surface area contributed by atoms with Gasteiger partial charge in [0.05, 0.1) is 13.0 Å². The van der Waals surface area contributed by atoms with Crippen LogP contribution in [0, 0.1) is 11.8 Å². The Balaban J connectivity index is 2.42. The van der Waals surface area contributed by atoms with Crippen LogP contribution in [0.3, 0.4) is 0 Å². The Morgan fingerprint density at radius 1 is 1.36 bits per heavy atom. The van der Waals surface area contributed by atoms with Crippen molar-refractivity contribution >= 4 is 22.7 Å². The molecule has 1 saturated carbocycles. The van der Waals surface area contributed by atoms with Gasteiger partial charge in [0.2, 0.25) is 0 Å². The standard InChI is InChI=1S/C9H14ClNO3/c1-14-9(12)7-4-2-6(3-5-7)8(10)11-13/h6-7,13H,2-5H2,1H3. The quantitative estimate of drug-likeness (QED) is 0.334. The van der Waals surface area contributed by atoms with E-state index < -0.39 is 0 Å². The zero-order valence-electron chi connectivity index (χ0n) is 8.07. The van der Waals surface area contributed by atoms with Crippen molar-refractivity contribution in [2.45, 2.75) is 25.7 Å². The smallest absolute Gasteiger partial charge is 0.308 e. The zero-order valence-corrected chi connectivity index (χ0v) is 8.83. The molecular formula is C9H14ClNO3. The van der Waals surface area contributed by atoms with E-state index in [4.69, 9.17) is 16.8 Å². The number of oxime groups is 1. The van der Waals surface area contributed by atoms with E-state index in [9.17, 15) is 4.79 Å². The number of esters is 1. The Bertz CT molecular complexity index is 234. The van der Waals surface area contributed by atoms with Crippen LogP contribution in [0.25, 0.3) is 0 Å². The van der Waals surface area contributed by atoms with Gasteiger partial charge in [0, 0.05) is 5.92 Å². The maximum absolute atomic E-state index is 11.2. The third-order valence-corrected chi connectivity index (χ3v) is 3.08. The molecule has 0 bridgehead atoms. The Hall–Kier alpha value is -0.770. The number of methoxy groups -OCH3 is 1. The summed E-state index contributed by atoms with van der Waals surface area (Å²) < 4.78 is 4.66. The van der Waals surface area contributed by atoms with Gasteiger partial charge in [0.1, 0.15) is 5.17 Å². The highest BCUT2D eigenvalue weighted by Crippen LogP contribution is 2.31. The predicted molar refractivity (Wildman–Crippen MR) is 52.5 cm³/mol. The lowest BCUT2D eigenvalue weighted by atomic mass is 9.82. The number of ether oxygens (including phenoxy) is 1. The summed E-state index contributed by atoms with van der Waals surface area (Å²) in [4.78, 5) is 11.2. The van der Waals surface area contributed by atoms with E-state index in [0.717, 1.165) is 25.7 Å². The van der Waals surface area contributed by atoms with Gasteiger partial charge in [-0.15, -0.1) is 0 Å². The largest absolute Gasteiger partial charge is 0.469 e. The van der Waals surface area contributed by atoms with Crippen LogP contribution in [-0.2, 0) is 9.53 Å². The van der Waals surface area contributed by atoms with Crippen LogP contribution >= 0.6 is 11.6 Å². The van der Waals surface area contributed by atoms with Crippen molar-refractivity contribution in [1.82, 2.24) is 0 Å². The van der Waals surface area contributed by atoms with Crippen molar-refractivity contribution in [1.29, 1.82) is 0 Å². The molecule has 0 aromatic rings. The average Bonchev–Trinajstić information content (AvgIpc) is 2.27. The maximum atomic E-state index is 11.2. The number of halogens is 1. The highest BCUT2D eigenvalue weighted by molar-refractivity contribution is 6.65. The van der Waals surface area contributed by atoms with Crippen LogP contribution in [0.4, 0.5) is 0 Å². The molecule has 1 aliphatic rings. The molecule has 4 nitrogen and oxygen atoms in total. The molecule has 5 heteroatoms. The summed E-state index contributed by atoms with van der Waals surface area (Å²) in [5, 5.41) is 11.7. The molecule has 0 heterocycles. The molecule has 0 amide bonds. The van der Waals surface area contributed by atoms with Crippen molar-refractivity contribution in [3.05, 3.63) is 0 Å². The zero-order chi connectivity index (χ0) is 10.6.